The fraction of sp³-hybridized carbons (Fsp3) is 0.350. The Balaban J connectivity index is 1.76. The van der Waals surface area contributed by atoms with Crippen LogP contribution in [0.15, 0.2) is 53.4 Å². The summed E-state index contributed by atoms with van der Waals surface area (Å²) in [5.41, 5.74) is 1.35. The first-order valence-corrected chi connectivity index (χ1v) is 10.4. The molecule has 1 heterocycles. The van der Waals surface area contributed by atoms with Crippen LogP contribution in [0.1, 0.15) is 18.4 Å². The number of para-hydroxylation sites is 1. The molecule has 7 heteroatoms. The van der Waals surface area contributed by atoms with Crippen LogP contribution >= 0.6 is 0 Å². The number of methoxy groups -OCH3 is 1. The summed E-state index contributed by atoms with van der Waals surface area (Å²) in [5, 5.41) is 2.87. The van der Waals surface area contributed by atoms with Crippen molar-refractivity contribution >= 4 is 21.6 Å². The van der Waals surface area contributed by atoms with Crippen LogP contribution in [0.3, 0.4) is 0 Å². The summed E-state index contributed by atoms with van der Waals surface area (Å²) >= 11 is 0. The van der Waals surface area contributed by atoms with E-state index in [0.717, 1.165) is 0 Å². The van der Waals surface area contributed by atoms with Crippen molar-refractivity contribution in [2.45, 2.75) is 24.7 Å². The van der Waals surface area contributed by atoms with E-state index in [1.165, 1.54) is 4.31 Å². The Morgan fingerprint density at radius 3 is 2.59 bits per heavy atom. The molecule has 0 spiro atoms. The van der Waals surface area contributed by atoms with Crippen LogP contribution in [-0.4, -0.2) is 38.8 Å². The molecule has 1 aliphatic rings. The molecule has 27 heavy (non-hydrogen) atoms. The molecule has 1 fully saturated rings. The number of carbonyl (C=O) groups excluding carboxylic acids is 1. The van der Waals surface area contributed by atoms with E-state index in [1.807, 2.05) is 30.3 Å². The van der Waals surface area contributed by atoms with Gasteiger partial charge in [0.15, 0.2) is 0 Å². The van der Waals surface area contributed by atoms with Crippen molar-refractivity contribution in [3.05, 3.63) is 54.1 Å². The van der Waals surface area contributed by atoms with Gasteiger partial charge >= 0.3 is 0 Å². The van der Waals surface area contributed by atoms with E-state index in [2.05, 4.69) is 5.32 Å². The highest BCUT2D eigenvalue weighted by atomic mass is 32.2. The number of nitrogens with zero attached hydrogens (tertiary/aromatic N) is 1. The van der Waals surface area contributed by atoms with Gasteiger partial charge in [-0.25, -0.2) is 8.42 Å². The predicted molar refractivity (Wildman–Crippen MR) is 104 cm³/mol. The minimum absolute atomic E-state index is 0.146. The van der Waals surface area contributed by atoms with Gasteiger partial charge in [0, 0.05) is 18.8 Å². The summed E-state index contributed by atoms with van der Waals surface area (Å²) in [6, 6.07) is 14.1. The monoisotopic (exact) mass is 388 g/mol. The second kappa shape index (κ2) is 8.10. The first kappa shape index (κ1) is 19.4. The van der Waals surface area contributed by atoms with E-state index in [4.69, 9.17) is 4.74 Å². The Morgan fingerprint density at radius 1 is 1.19 bits per heavy atom. The SMILES string of the molecule is COc1ccc(S(=O)(=O)N2CCCC(C(=O)Nc3ccccc3)C2)c(C)c1. The Morgan fingerprint density at radius 2 is 1.93 bits per heavy atom. The van der Waals surface area contributed by atoms with Gasteiger partial charge in [-0.1, -0.05) is 18.2 Å². The molecular formula is C20H24N2O4S. The van der Waals surface area contributed by atoms with Crippen molar-refractivity contribution in [1.82, 2.24) is 4.31 Å². The number of nitrogens with one attached hydrogen (secondary N) is 1. The molecule has 0 aromatic heterocycles. The fourth-order valence-corrected chi connectivity index (χ4v) is 5.05. The lowest BCUT2D eigenvalue weighted by Gasteiger charge is -2.31. The predicted octanol–water partition coefficient (Wildman–Crippen LogP) is 3.04. The van der Waals surface area contributed by atoms with Gasteiger partial charge in [-0.05, 0) is 55.7 Å². The lowest BCUT2D eigenvalue weighted by molar-refractivity contribution is -0.120. The molecule has 1 aliphatic heterocycles. The van der Waals surface area contributed by atoms with Crippen LogP contribution in [0.5, 0.6) is 5.75 Å². The topological polar surface area (TPSA) is 75.7 Å². The third-order valence-electron chi connectivity index (χ3n) is 4.80. The lowest BCUT2D eigenvalue weighted by Crippen LogP contribution is -2.43. The Kier molecular flexibility index (Phi) is 5.82. The standard InChI is InChI=1S/C20H24N2O4S/c1-15-13-18(26-2)10-11-19(15)27(24,25)22-12-6-7-16(14-22)20(23)21-17-8-4-3-5-9-17/h3-5,8-11,13,16H,6-7,12,14H2,1-2H3,(H,21,23). The van der Waals surface area contributed by atoms with E-state index in [-0.39, 0.29) is 23.3 Å². The number of hydrogen-bond donors (Lipinski definition) is 1. The van der Waals surface area contributed by atoms with Gasteiger partial charge in [-0.2, -0.15) is 4.31 Å². The summed E-state index contributed by atoms with van der Waals surface area (Å²) in [6.45, 7) is 2.36. The minimum atomic E-state index is -3.66. The van der Waals surface area contributed by atoms with Crippen LogP contribution in [0.4, 0.5) is 5.69 Å². The number of ether oxygens (including phenoxy) is 1. The molecule has 0 aliphatic carbocycles. The molecule has 3 rings (SSSR count). The minimum Gasteiger partial charge on any atom is -0.497 e. The average molecular weight is 388 g/mol. The van der Waals surface area contributed by atoms with Crippen LogP contribution in [0.25, 0.3) is 0 Å². The third kappa shape index (κ3) is 4.31. The number of benzene rings is 2. The number of sulfonamides is 1. The van der Waals surface area contributed by atoms with Gasteiger partial charge in [-0.15, -0.1) is 0 Å². The summed E-state index contributed by atoms with van der Waals surface area (Å²) in [4.78, 5) is 12.8. The molecule has 2 aromatic rings. The van der Waals surface area contributed by atoms with E-state index >= 15 is 0 Å². The van der Waals surface area contributed by atoms with Crippen molar-refractivity contribution in [1.29, 1.82) is 0 Å². The number of rotatable bonds is 5. The quantitative estimate of drug-likeness (QED) is 0.854. The van der Waals surface area contributed by atoms with Gasteiger partial charge in [0.2, 0.25) is 15.9 Å². The number of piperidine rings is 1. The average Bonchev–Trinajstić information content (AvgIpc) is 2.68. The molecule has 1 atom stereocenters. The van der Waals surface area contributed by atoms with E-state index in [9.17, 15) is 13.2 Å². The van der Waals surface area contributed by atoms with Crippen LogP contribution < -0.4 is 10.1 Å². The molecule has 1 N–H and O–H groups in total. The maximum Gasteiger partial charge on any atom is 0.243 e. The lowest BCUT2D eigenvalue weighted by atomic mass is 9.99. The van der Waals surface area contributed by atoms with E-state index in [0.29, 0.717) is 36.4 Å². The number of carbonyl (C=O) groups is 1. The molecule has 1 saturated heterocycles. The number of aryl methyl sites for hydroxylation is 1. The van der Waals surface area contributed by atoms with Crippen LogP contribution in [0, 0.1) is 12.8 Å². The van der Waals surface area contributed by atoms with Gasteiger partial charge in [0.05, 0.1) is 17.9 Å². The molecule has 144 valence electrons. The summed E-state index contributed by atoms with van der Waals surface area (Å²) in [6.07, 6.45) is 1.33. The Hall–Kier alpha value is -2.38. The fourth-order valence-electron chi connectivity index (χ4n) is 3.32. The van der Waals surface area contributed by atoms with Gasteiger partial charge in [0.25, 0.3) is 0 Å². The zero-order valence-electron chi connectivity index (χ0n) is 15.5. The molecule has 1 unspecified atom stereocenters. The van der Waals surface area contributed by atoms with Crippen molar-refractivity contribution < 1.29 is 17.9 Å². The summed E-state index contributed by atoms with van der Waals surface area (Å²) < 4.78 is 32.7. The first-order valence-electron chi connectivity index (χ1n) is 8.92. The van der Waals surface area contributed by atoms with Crippen molar-refractivity contribution in [2.75, 3.05) is 25.5 Å². The first-order chi connectivity index (χ1) is 12.9. The maximum atomic E-state index is 13.1. The molecule has 2 aromatic carbocycles. The zero-order chi connectivity index (χ0) is 19.4. The van der Waals surface area contributed by atoms with Crippen LogP contribution in [-0.2, 0) is 14.8 Å². The third-order valence-corrected chi connectivity index (χ3v) is 6.82. The highest BCUT2D eigenvalue weighted by Crippen LogP contribution is 2.28. The van der Waals surface area contributed by atoms with Gasteiger partial charge in [0.1, 0.15) is 5.75 Å². The number of hydrogen-bond acceptors (Lipinski definition) is 4. The van der Waals surface area contributed by atoms with Crippen molar-refractivity contribution in [2.24, 2.45) is 5.92 Å². The normalized spacial score (nSPS) is 18.1. The number of amides is 1. The molecular weight excluding hydrogens is 364 g/mol. The van der Waals surface area contributed by atoms with Crippen molar-refractivity contribution in [3.63, 3.8) is 0 Å². The maximum absolute atomic E-state index is 13.1. The van der Waals surface area contributed by atoms with E-state index < -0.39 is 10.0 Å². The molecule has 0 radical (unpaired) electrons. The summed E-state index contributed by atoms with van der Waals surface area (Å²) in [7, 11) is -2.11. The summed E-state index contributed by atoms with van der Waals surface area (Å²) in [5.74, 6) is 0.102. The Labute approximate surface area is 160 Å². The van der Waals surface area contributed by atoms with E-state index in [1.54, 1.807) is 32.2 Å². The highest BCUT2D eigenvalue weighted by molar-refractivity contribution is 7.89. The molecule has 1 amide bonds. The highest BCUT2D eigenvalue weighted by Gasteiger charge is 2.34. The second-order valence-corrected chi connectivity index (χ2v) is 8.60. The smallest absolute Gasteiger partial charge is 0.243 e. The molecule has 0 bridgehead atoms. The Bertz CT molecular complexity index is 913. The van der Waals surface area contributed by atoms with Gasteiger partial charge in [-0.3, -0.25) is 4.79 Å². The largest absolute Gasteiger partial charge is 0.497 e. The molecule has 0 saturated carbocycles. The molecule has 6 nitrogen and oxygen atoms in total. The van der Waals surface area contributed by atoms with Crippen LogP contribution in [0.2, 0.25) is 0 Å². The zero-order valence-corrected chi connectivity index (χ0v) is 16.3. The van der Waals surface area contributed by atoms with Crippen molar-refractivity contribution in [3.8, 4) is 5.75 Å². The number of anilines is 1. The van der Waals surface area contributed by atoms with Gasteiger partial charge < -0.3 is 10.1 Å². The second-order valence-electron chi connectivity index (χ2n) is 6.69.